The van der Waals surface area contributed by atoms with E-state index >= 15 is 0 Å². The van der Waals surface area contributed by atoms with Gasteiger partial charge in [0.05, 0.1) is 0 Å². The van der Waals surface area contributed by atoms with Crippen LogP contribution < -0.4 is 11.2 Å². The second kappa shape index (κ2) is 4.93. The van der Waals surface area contributed by atoms with E-state index < -0.39 is 17.2 Å². The number of phenols is 1. The van der Waals surface area contributed by atoms with Crippen molar-refractivity contribution in [2.75, 3.05) is 6.54 Å². The Morgan fingerprint density at radius 3 is 2.81 bits per heavy atom. The molecule has 108 valence electrons. The van der Waals surface area contributed by atoms with Gasteiger partial charge in [0.25, 0.3) is 11.5 Å². The van der Waals surface area contributed by atoms with Crippen LogP contribution in [-0.4, -0.2) is 32.4 Å². The Hall–Kier alpha value is -2.83. The standard InChI is InChI=1S/C14H13N3O4/c18-10-2-1-8-3-4-17(7-9(8)5-10)13(20)11-6-15-14(21)16-12(11)19/h1-2,5-6,18H,3-4,7H2,(H2,15,16,19,21). The Bertz CT molecular complexity index is 821. The summed E-state index contributed by atoms with van der Waals surface area (Å²) in [4.78, 5) is 40.8. The molecule has 0 saturated heterocycles. The topological polar surface area (TPSA) is 106 Å². The number of nitrogens with one attached hydrogen (secondary N) is 2. The van der Waals surface area contributed by atoms with Crippen LogP contribution in [0.3, 0.4) is 0 Å². The average Bonchev–Trinajstić information content (AvgIpc) is 2.46. The van der Waals surface area contributed by atoms with Crippen molar-refractivity contribution < 1.29 is 9.90 Å². The lowest BCUT2D eigenvalue weighted by Crippen LogP contribution is -2.39. The maximum absolute atomic E-state index is 12.3. The number of fused-ring (bicyclic) bond motifs is 1. The van der Waals surface area contributed by atoms with Crippen LogP contribution in [0.2, 0.25) is 0 Å². The second-order valence-electron chi connectivity index (χ2n) is 4.92. The van der Waals surface area contributed by atoms with E-state index in [9.17, 15) is 19.5 Å². The van der Waals surface area contributed by atoms with E-state index in [1.807, 2.05) is 11.1 Å². The molecule has 1 aliphatic heterocycles. The van der Waals surface area contributed by atoms with Gasteiger partial charge in [-0.15, -0.1) is 0 Å². The molecule has 0 spiro atoms. The van der Waals surface area contributed by atoms with Crippen molar-refractivity contribution in [3.63, 3.8) is 0 Å². The Labute approximate surface area is 118 Å². The molecule has 2 heterocycles. The number of aromatic amines is 2. The number of nitrogens with zero attached hydrogens (tertiary/aromatic N) is 1. The third kappa shape index (κ3) is 2.45. The summed E-state index contributed by atoms with van der Waals surface area (Å²) in [6, 6.07) is 5.06. The highest BCUT2D eigenvalue weighted by Gasteiger charge is 2.24. The van der Waals surface area contributed by atoms with Crippen LogP contribution in [0.5, 0.6) is 5.75 Å². The van der Waals surface area contributed by atoms with E-state index in [1.54, 1.807) is 12.1 Å². The van der Waals surface area contributed by atoms with E-state index in [0.29, 0.717) is 19.5 Å². The zero-order valence-corrected chi connectivity index (χ0v) is 11.0. The summed E-state index contributed by atoms with van der Waals surface area (Å²) in [5.41, 5.74) is 0.483. The van der Waals surface area contributed by atoms with Crippen molar-refractivity contribution in [1.82, 2.24) is 14.9 Å². The minimum absolute atomic E-state index is 0.0989. The van der Waals surface area contributed by atoms with Crippen molar-refractivity contribution in [1.29, 1.82) is 0 Å². The highest BCUT2D eigenvalue weighted by atomic mass is 16.3. The quantitative estimate of drug-likeness (QED) is 0.684. The number of amides is 1. The van der Waals surface area contributed by atoms with E-state index in [-0.39, 0.29) is 11.3 Å². The second-order valence-corrected chi connectivity index (χ2v) is 4.92. The lowest BCUT2D eigenvalue weighted by Gasteiger charge is -2.28. The summed E-state index contributed by atoms with van der Waals surface area (Å²) < 4.78 is 0. The summed E-state index contributed by atoms with van der Waals surface area (Å²) in [6.45, 7) is 0.802. The molecule has 0 saturated carbocycles. The van der Waals surface area contributed by atoms with Crippen molar-refractivity contribution in [3.8, 4) is 5.75 Å². The first kappa shape index (κ1) is 13.2. The molecule has 0 atom stereocenters. The molecule has 21 heavy (non-hydrogen) atoms. The van der Waals surface area contributed by atoms with Gasteiger partial charge < -0.3 is 15.0 Å². The fourth-order valence-electron chi connectivity index (χ4n) is 2.46. The Morgan fingerprint density at radius 2 is 2.05 bits per heavy atom. The van der Waals surface area contributed by atoms with Gasteiger partial charge in [0.1, 0.15) is 11.3 Å². The lowest BCUT2D eigenvalue weighted by atomic mass is 9.99. The maximum atomic E-state index is 12.3. The molecule has 1 aromatic heterocycles. The molecule has 1 amide bonds. The third-order valence-corrected chi connectivity index (χ3v) is 3.54. The molecule has 7 nitrogen and oxygen atoms in total. The van der Waals surface area contributed by atoms with Gasteiger partial charge in [0.2, 0.25) is 0 Å². The number of hydrogen-bond donors (Lipinski definition) is 3. The van der Waals surface area contributed by atoms with Crippen molar-refractivity contribution >= 4 is 5.91 Å². The number of H-pyrrole nitrogens is 2. The molecule has 0 unspecified atom stereocenters. The Balaban J connectivity index is 1.90. The molecule has 3 N–H and O–H groups in total. The van der Waals surface area contributed by atoms with E-state index in [0.717, 1.165) is 17.3 Å². The lowest BCUT2D eigenvalue weighted by molar-refractivity contribution is 0.0732. The zero-order chi connectivity index (χ0) is 15.0. The van der Waals surface area contributed by atoms with Gasteiger partial charge in [-0.1, -0.05) is 6.07 Å². The predicted molar refractivity (Wildman–Crippen MR) is 74.2 cm³/mol. The monoisotopic (exact) mass is 287 g/mol. The zero-order valence-electron chi connectivity index (χ0n) is 11.0. The smallest absolute Gasteiger partial charge is 0.325 e. The molecule has 3 rings (SSSR count). The van der Waals surface area contributed by atoms with Crippen LogP contribution in [0.25, 0.3) is 0 Å². The molecule has 1 aliphatic rings. The maximum Gasteiger partial charge on any atom is 0.325 e. The number of aromatic nitrogens is 2. The van der Waals surface area contributed by atoms with Gasteiger partial charge in [0.15, 0.2) is 0 Å². The summed E-state index contributed by atoms with van der Waals surface area (Å²) >= 11 is 0. The molecule has 2 aromatic rings. The largest absolute Gasteiger partial charge is 0.508 e. The van der Waals surface area contributed by atoms with Crippen molar-refractivity contribution in [3.05, 3.63) is 61.9 Å². The number of carbonyl (C=O) groups is 1. The molecule has 0 fully saturated rings. The number of rotatable bonds is 1. The summed E-state index contributed by atoms with van der Waals surface area (Å²) in [6.07, 6.45) is 1.78. The van der Waals surface area contributed by atoms with Crippen molar-refractivity contribution in [2.45, 2.75) is 13.0 Å². The number of carbonyl (C=O) groups excluding carboxylic acids is 1. The Morgan fingerprint density at radius 1 is 1.24 bits per heavy atom. The average molecular weight is 287 g/mol. The first-order valence-electron chi connectivity index (χ1n) is 6.46. The molecular weight excluding hydrogens is 274 g/mol. The van der Waals surface area contributed by atoms with Gasteiger partial charge in [-0.05, 0) is 29.7 Å². The first-order chi connectivity index (χ1) is 10.0. The summed E-state index contributed by atoms with van der Waals surface area (Å²) in [5, 5.41) is 9.51. The van der Waals surface area contributed by atoms with E-state index in [2.05, 4.69) is 4.98 Å². The van der Waals surface area contributed by atoms with E-state index in [1.165, 1.54) is 4.90 Å². The summed E-state index contributed by atoms with van der Waals surface area (Å²) in [5.74, 6) is -0.300. The van der Waals surface area contributed by atoms with Crippen LogP contribution >= 0.6 is 0 Å². The van der Waals surface area contributed by atoms with Gasteiger partial charge >= 0.3 is 5.69 Å². The number of aromatic hydroxyl groups is 1. The number of hydrogen-bond acceptors (Lipinski definition) is 4. The van der Waals surface area contributed by atoms with Crippen LogP contribution in [-0.2, 0) is 13.0 Å². The van der Waals surface area contributed by atoms with Gasteiger partial charge in [0, 0.05) is 19.3 Å². The van der Waals surface area contributed by atoms with E-state index in [4.69, 9.17) is 0 Å². The van der Waals surface area contributed by atoms with Crippen LogP contribution in [0.1, 0.15) is 21.5 Å². The molecular formula is C14H13N3O4. The highest BCUT2D eigenvalue weighted by Crippen LogP contribution is 2.23. The van der Waals surface area contributed by atoms with Crippen LogP contribution in [0.15, 0.2) is 34.0 Å². The van der Waals surface area contributed by atoms with Gasteiger partial charge in [-0.25, -0.2) is 4.79 Å². The molecule has 0 radical (unpaired) electrons. The molecule has 1 aromatic carbocycles. The number of benzene rings is 1. The third-order valence-electron chi connectivity index (χ3n) is 3.54. The number of phenolic OH excluding ortho intramolecular Hbond substituents is 1. The first-order valence-corrected chi connectivity index (χ1v) is 6.46. The fraction of sp³-hybridized carbons (Fsp3) is 0.214. The summed E-state index contributed by atoms with van der Waals surface area (Å²) in [7, 11) is 0. The molecule has 7 heteroatoms. The minimum Gasteiger partial charge on any atom is -0.508 e. The molecule has 0 aliphatic carbocycles. The SMILES string of the molecule is O=C(c1c[nH]c(=O)[nH]c1=O)N1CCc2ccc(O)cc2C1. The predicted octanol–water partition coefficient (Wildman–Crippen LogP) is -0.0327. The van der Waals surface area contributed by atoms with Crippen LogP contribution in [0, 0.1) is 0 Å². The van der Waals surface area contributed by atoms with Crippen molar-refractivity contribution in [2.24, 2.45) is 0 Å². The highest BCUT2D eigenvalue weighted by molar-refractivity contribution is 5.93. The fourth-order valence-corrected chi connectivity index (χ4v) is 2.46. The van der Waals surface area contributed by atoms with Gasteiger partial charge in [-0.3, -0.25) is 14.6 Å². The Kier molecular flexibility index (Phi) is 3.09. The normalized spacial score (nSPS) is 13.8. The van der Waals surface area contributed by atoms with Gasteiger partial charge in [-0.2, -0.15) is 0 Å². The van der Waals surface area contributed by atoms with Crippen LogP contribution in [0.4, 0.5) is 0 Å². The molecule has 0 bridgehead atoms. The minimum atomic E-state index is -0.703.